The molecule has 0 radical (unpaired) electrons. The minimum Gasteiger partial charge on any atom is -0.598 e. The van der Waals surface area contributed by atoms with Crippen molar-refractivity contribution in [1.29, 1.82) is 0 Å². The number of carbonyl (C=O) groups excluding carboxylic acids is 1. The number of nitrogens with one attached hydrogen (secondary N) is 2. The molecular weight excluding hydrogens is 338 g/mol. The molecule has 3 atom stereocenters. The number of ether oxygens (including phenoxy) is 1. The van der Waals surface area contributed by atoms with Gasteiger partial charge in [0, 0.05) is 17.6 Å². The molecule has 0 spiro atoms. The van der Waals surface area contributed by atoms with Gasteiger partial charge in [0.05, 0.1) is 11.7 Å². The van der Waals surface area contributed by atoms with E-state index in [1.54, 1.807) is 6.20 Å². The van der Waals surface area contributed by atoms with Crippen LogP contribution in [-0.4, -0.2) is 32.0 Å². The van der Waals surface area contributed by atoms with Crippen LogP contribution in [0.4, 0.5) is 4.79 Å². The fraction of sp³-hybridized carbons (Fsp3) is 0.667. The van der Waals surface area contributed by atoms with Gasteiger partial charge in [-0.1, -0.05) is 13.0 Å². The second-order valence-electron chi connectivity index (χ2n) is 7.67. The first-order valence-electron chi connectivity index (χ1n) is 8.55. The highest BCUT2D eigenvalue weighted by Crippen LogP contribution is 2.24. The van der Waals surface area contributed by atoms with Crippen LogP contribution in [-0.2, 0) is 16.1 Å². The third-order valence-corrected chi connectivity index (χ3v) is 5.60. The van der Waals surface area contributed by atoms with Gasteiger partial charge >= 0.3 is 6.09 Å². The van der Waals surface area contributed by atoms with E-state index in [1.165, 1.54) is 0 Å². The summed E-state index contributed by atoms with van der Waals surface area (Å²) in [4.78, 5) is 16.4. The summed E-state index contributed by atoms with van der Waals surface area (Å²) in [5.41, 5.74) is 0.136. The summed E-state index contributed by atoms with van der Waals surface area (Å²) in [6.45, 7) is 13.2. The predicted octanol–water partition coefficient (Wildman–Crippen LogP) is 3.48. The normalized spacial score (nSPS) is 16.0. The molecule has 0 fully saturated rings. The van der Waals surface area contributed by atoms with E-state index in [1.807, 2.05) is 66.7 Å². The lowest BCUT2D eigenvalue weighted by Gasteiger charge is -2.32. The monoisotopic (exact) mass is 369 g/mol. The second-order valence-corrected chi connectivity index (χ2v) is 9.55. The van der Waals surface area contributed by atoms with Crippen molar-refractivity contribution in [3.05, 3.63) is 30.1 Å². The molecular formula is C18H31N3O3S. The summed E-state index contributed by atoms with van der Waals surface area (Å²) in [7, 11) is 0. The Labute approximate surface area is 154 Å². The molecule has 2 N–H and O–H groups in total. The standard InChI is InChI=1S/C18H31N3O3S/c1-8-18(6,7)25(23)21-15(14-11-9-10-12-19-14)13(2)20-16(22)24-17(3,4)5/h9-13,15,21H,8H2,1-7H3,(H,20,22)/t13-,15-,25?/m0/s1. The Kier molecular flexibility index (Phi) is 7.71. The van der Waals surface area contributed by atoms with Crippen LogP contribution in [0.3, 0.4) is 0 Å². The summed E-state index contributed by atoms with van der Waals surface area (Å²) in [6, 6.07) is 4.77. The molecule has 7 heteroatoms. The Morgan fingerprint density at radius 3 is 2.44 bits per heavy atom. The highest BCUT2D eigenvalue weighted by Gasteiger charge is 2.35. The van der Waals surface area contributed by atoms with E-state index in [2.05, 4.69) is 15.0 Å². The van der Waals surface area contributed by atoms with Gasteiger partial charge in [0.1, 0.15) is 16.4 Å². The summed E-state index contributed by atoms with van der Waals surface area (Å²) >= 11 is -1.30. The van der Waals surface area contributed by atoms with Crippen molar-refractivity contribution in [2.24, 2.45) is 0 Å². The summed E-state index contributed by atoms with van der Waals surface area (Å²) in [5, 5.41) is 2.81. The molecule has 25 heavy (non-hydrogen) atoms. The molecule has 142 valence electrons. The number of amides is 1. The number of hydrogen-bond acceptors (Lipinski definition) is 5. The number of alkyl carbamates (subject to hydrolysis) is 1. The molecule has 6 nitrogen and oxygen atoms in total. The summed E-state index contributed by atoms with van der Waals surface area (Å²) < 4.78 is 20.8. The average molecular weight is 370 g/mol. The van der Waals surface area contributed by atoms with Gasteiger partial charge in [-0.3, -0.25) is 4.98 Å². The number of rotatable bonds is 7. The van der Waals surface area contributed by atoms with Gasteiger partial charge in [-0.15, -0.1) is 4.72 Å². The lowest BCUT2D eigenvalue weighted by atomic mass is 10.1. The minimum atomic E-state index is -1.30. The Morgan fingerprint density at radius 2 is 1.96 bits per heavy atom. The molecule has 0 aliphatic carbocycles. The van der Waals surface area contributed by atoms with Crippen LogP contribution in [0, 0.1) is 0 Å². The number of pyridine rings is 1. The first kappa shape index (κ1) is 21.7. The van der Waals surface area contributed by atoms with Gasteiger partial charge < -0.3 is 14.6 Å². The zero-order chi connectivity index (χ0) is 19.3. The molecule has 1 aromatic rings. The topological polar surface area (TPSA) is 86.3 Å². The van der Waals surface area contributed by atoms with Crippen LogP contribution >= 0.6 is 0 Å². The molecule has 0 saturated carbocycles. The lowest BCUT2D eigenvalue weighted by molar-refractivity contribution is 0.0499. The first-order chi connectivity index (χ1) is 11.5. The van der Waals surface area contributed by atoms with Crippen molar-refractivity contribution >= 4 is 17.5 Å². The van der Waals surface area contributed by atoms with Crippen LogP contribution < -0.4 is 10.0 Å². The SMILES string of the molecule is CCC(C)(C)[S+]([O-])N[C@H](c1ccccn1)[C@H](C)NC(=O)OC(C)(C)C. The van der Waals surface area contributed by atoms with Gasteiger partial charge in [0.2, 0.25) is 0 Å². The van der Waals surface area contributed by atoms with Crippen molar-refractivity contribution in [1.82, 2.24) is 15.0 Å². The minimum absolute atomic E-state index is 0.360. The van der Waals surface area contributed by atoms with E-state index in [4.69, 9.17) is 4.74 Å². The van der Waals surface area contributed by atoms with Crippen LogP contribution in [0.25, 0.3) is 0 Å². The molecule has 1 rings (SSSR count). The maximum absolute atomic E-state index is 12.7. The van der Waals surface area contributed by atoms with Crippen LogP contribution in [0.1, 0.15) is 66.6 Å². The van der Waals surface area contributed by atoms with Gasteiger partial charge in [0.15, 0.2) is 0 Å². The van der Waals surface area contributed by atoms with Gasteiger partial charge in [-0.25, -0.2) is 4.79 Å². The molecule has 0 aromatic carbocycles. The highest BCUT2D eigenvalue weighted by atomic mass is 32.2. The predicted molar refractivity (Wildman–Crippen MR) is 101 cm³/mol. The van der Waals surface area contributed by atoms with Crippen molar-refractivity contribution in [2.75, 3.05) is 0 Å². The van der Waals surface area contributed by atoms with Crippen molar-refractivity contribution in [3.63, 3.8) is 0 Å². The highest BCUT2D eigenvalue weighted by molar-refractivity contribution is 7.90. The maximum atomic E-state index is 12.7. The van der Waals surface area contributed by atoms with E-state index in [9.17, 15) is 9.35 Å². The maximum Gasteiger partial charge on any atom is 0.407 e. The van der Waals surface area contributed by atoms with E-state index in [0.29, 0.717) is 5.69 Å². The van der Waals surface area contributed by atoms with Gasteiger partial charge in [0.25, 0.3) is 0 Å². The molecule has 1 unspecified atom stereocenters. The molecule has 0 aliphatic rings. The first-order valence-corrected chi connectivity index (χ1v) is 9.69. The van der Waals surface area contributed by atoms with Crippen LogP contribution in [0.2, 0.25) is 0 Å². The third-order valence-electron chi connectivity index (χ3n) is 3.84. The van der Waals surface area contributed by atoms with E-state index in [-0.39, 0.29) is 6.04 Å². The smallest absolute Gasteiger partial charge is 0.407 e. The van der Waals surface area contributed by atoms with Crippen molar-refractivity contribution in [3.8, 4) is 0 Å². The summed E-state index contributed by atoms with van der Waals surface area (Å²) in [6.07, 6.45) is 1.93. The quantitative estimate of drug-likeness (QED) is 0.719. The van der Waals surface area contributed by atoms with E-state index in [0.717, 1.165) is 6.42 Å². The number of nitrogens with zero attached hydrogens (tertiary/aromatic N) is 1. The van der Waals surface area contributed by atoms with E-state index < -0.39 is 33.8 Å². The largest absolute Gasteiger partial charge is 0.598 e. The third kappa shape index (κ3) is 7.22. The van der Waals surface area contributed by atoms with Crippen LogP contribution in [0.5, 0.6) is 0 Å². The number of aromatic nitrogens is 1. The van der Waals surface area contributed by atoms with E-state index >= 15 is 0 Å². The summed E-state index contributed by atoms with van der Waals surface area (Å²) in [5.74, 6) is 0. The molecule has 1 heterocycles. The lowest BCUT2D eigenvalue weighted by Crippen LogP contribution is -2.50. The fourth-order valence-electron chi connectivity index (χ4n) is 1.96. The molecule has 0 saturated heterocycles. The average Bonchev–Trinajstić information content (AvgIpc) is 2.50. The fourth-order valence-corrected chi connectivity index (χ4v) is 3.10. The molecule has 0 bridgehead atoms. The Hall–Kier alpha value is -1.31. The van der Waals surface area contributed by atoms with Gasteiger partial charge in [-0.2, -0.15) is 0 Å². The zero-order valence-electron chi connectivity index (χ0n) is 16.3. The Balaban J connectivity index is 2.93. The zero-order valence-corrected chi connectivity index (χ0v) is 17.1. The molecule has 1 amide bonds. The van der Waals surface area contributed by atoms with Crippen LogP contribution in [0.15, 0.2) is 24.4 Å². The van der Waals surface area contributed by atoms with Gasteiger partial charge in [-0.05, 0) is 60.1 Å². The molecule has 0 aliphatic heterocycles. The Morgan fingerprint density at radius 1 is 1.32 bits per heavy atom. The number of carbonyl (C=O) groups is 1. The molecule has 1 aromatic heterocycles. The van der Waals surface area contributed by atoms with Crippen molar-refractivity contribution < 1.29 is 14.1 Å². The Bertz CT molecular complexity index is 546. The number of hydrogen-bond donors (Lipinski definition) is 2. The van der Waals surface area contributed by atoms with Crippen molar-refractivity contribution in [2.45, 2.75) is 77.3 Å². The second kappa shape index (κ2) is 8.87.